The number of halogens is 1. The zero-order valence-corrected chi connectivity index (χ0v) is 8.22. The van der Waals surface area contributed by atoms with Crippen LogP contribution in [-0.2, 0) is 19.4 Å². The third-order valence-corrected chi connectivity index (χ3v) is 2.79. The van der Waals surface area contributed by atoms with Gasteiger partial charge in [-0.3, -0.25) is 0 Å². The van der Waals surface area contributed by atoms with E-state index >= 15 is 0 Å². The van der Waals surface area contributed by atoms with Crippen molar-refractivity contribution in [3.8, 4) is 0 Å². The molecule has 1 aromatic heterocycles. The number of nitrogens with zero attached hydrogens (tertiary/aromatic N) is 2. The lowest BCUT2D eigenvalue weighted by Crippen LogP contribution is -2.11. The Morgan fingerprint density at radius 3 is 3.08 bits per heavy atom. The van der Waals surface area contributed by atoms with Crippen molar-refractivity contribution in [1.29, 1.82) is 0 Å². The van der Waals surface area contributed by atoms with Gasteiger partial charge in [-0.25, -0.2) is 4.98 Å². The summed E-state index contributed by atoms with van der Waals surface area (Å²) in [5.74, 6) is 0. The van der Waals surface area contributed by atoms with Crippen LogP contribution in [0.3, 0.4) is 0 Å². The number of fused-ring (bicyclic) bond motifs is 1. The lowest BCUT2D eigenvalue weighted by atomic mass is 10.1. The van der Waals surface area contributed by atoms with Gasteiger partial charge in [-0.05, 0) is 30.9 Å². The maximum Gasteiger partial charge on any atom is 0.203 e. The van der Waals surface area contributed by atoms with Gasteiger partial charge in [0.2, 0.25) is 5.28 Å². The van der Waals surface area contributed by atoms with Crippen LogP contribution in [0.4, 0.5) is 0 Å². The second-order valence-electron chi connectivity index (χ2n) is 3.36. The van der Waals surface area contributed by atoms with E-state index in [1.807, 2.05) is 0 Å². The number of hydrogen-bond donors (Lipinski definition) is 1. The Balaban J connectivity index is 2.36. The number of aliphatic hydroxyl groups excluding tert-OH is 1. The van der Waals surface area contributed by atoms with Crippen molar-refractivity contribution in [2.75, 3.05) is 6.61 Å². The largest absolute Gasteiger partial charge is 0.396 e. The minimum atomic E-state index is 0.153. The normalized spacial score (nSPS) is 15.8. The SMILES string of the molecule is OCCc1nc(Cl)n2c1CCCC2. The number of aromatic nitrogens is 2. The van der Waals surface area contributed by atoms with E-state index in [0.717, 1.165) is 18.7 Å². The molecule has 1 aromatic rings. The Morgan fingerprint density at radius 2 is 2.31 bits per heavy atom. The van der Waals surface area contributed by atoms with Gasteiger partial charge in [-0.2, -0.15) is 0 Å². The van der Waals surface area contributed by atoms with Crippen LogP contribution >= 0.6 is 11.6 Å². The molecule has 2 rings (SSSR count). The zero-order chi connectivity index (χ0) is 9.26. The monoisotopic (exact) mass is 200 g/mol. The van der Waals surface area contributed by atoms with Crippen LogP contribution < -0.4 is 0 Å². The maximum absolute atomic E-state index is 8.84. The highest BCUT2D eigenvalue weighted by Crippen LogP contribution is 2.23. The van der Waals surface area contributed by atoms with Gasteiger partial charge in [-0.15, -0.1) is 0 Å². The lowest BCUT2D eigenvalue weighted by Gasteiger charge is -2.15. The minimum absolute atomic E-state index is 0.153. The highest BCUT2D eigenvalue weighted by molar-refractivity contribution is 6.28. The van der Waals surface area contributed by atoms with Gasteiger partial charge in [0.15, 0.2) is 0 Å². The average Bonchev–Trinajstić information content (AvgIpc) is 2.46. The van der Waals surface area contributed by atoms with Crippen LogP contribution in [-0.4, -0.2) is 21.3 Å². The molecule has 72 valence electrons. The Labute approximate surface area is 82.4 Å². The molecule has 4 heteroatoms. The van der Waals surface area contributed by atoms with E-state index in [1.165, 1.54) is 18.5 Å². The zero-order valence-electron chi connectivity index (χ0n) is 7.46. The summed E-state index contributed by atoms with van der Waals surface area (Å²) in [6.45, 7) is 1.13. The molecule has 0 atom stereocenters. The molecule has 0 fully saturated rings. The first-order chi connectivity index (χ1) is 6.33. The third-order valence-electron chi connectivity index (χ3n) is 2.50. The third kappa shape index (κ3) is 1.58. The van der Waals surface area contributed by atoms with E-state index in [2.05, 4.69) is 9.55 Å². The van der Waals surface area contributed by atoms with E-state index in [4.69, 9.17) is 16.7 Å². The van der Waals surface area contributed by atoms with Crippen LogP contribution in [0.2, 0.25) is 5.28 Å². The number of imidazole rings is 1. The van der Waals surface area contributed by atoms with Crippen molar-refractivity contribution in [3.63, 3.8) is 0 Å². The molecule has 0 saturated heterocycles. The van der Waals surface area contributed by atoms with Crippen LogP contribution in [0.15, 0.2) is 0 Å². The van der Waals surface area contributed by atoms with Gasteiger partial charge < -0.3 is 9.67 Å². The summed E-state index contributed by atoms with van der Waals surface area (Å²) in [4.78, 5) is 4.25. The predicted octanol–water partition coefficient (Wildman–Crippen LogP) is 1.41. The van der Waals surface area contributed by atoms with Gasteiger partial charge in [0, 0.05) is 25.3 Å². The van der Waals surface area contributed by atoms with Crippen LogP contribution in [0.25, 0.3) is 0 Å². The quantitative estimate of drug-likeness (QED) is 0.784. The maximum atomic E-state index is 8.84. The molecule has 0 amide bonds. The Hall–Kier alpha value is -0.540. The number of aliphatic hydroxyl groups is 1. The highest BCUT2D eigenvalue weighted by atomic mass is 35.5. The molecule has 0 aromatic carbocycles. The van der Waals surface area contributed by atoms with E-state index in [1.54, 1.807) is 0 Å². The highest BCUT2D eigenvalue weighted by Gasteiger charge is 2.17. The smallest absolute Gasteiger partial charge is 0.203 e. The molecule has 0 saturated carbocycles. The molecular weight excluding hydrogens is 188 g/mol. The summed E-state index contributed by atoms with van der Waals surface area (Å²) in [5.41, 5.74) is 2.21. The van der Waals surface area contributed by atoms with E-state index in [-0.39, 0.29) is 6.61 Å². The summed E-state index contributed by atoms with van der Waals surface area (Å²) in [6, 6.07) is 0. The molecule has 0 spiro atoms. The van der Waals surface area contributed by atoms with E-state index < -0.39 is 0 Å². The fourth-order valence-electron chi connectivity index (χ4n) is 1.88. The van der Waals surface area contributed by atoms with Crippen LogP contribution in [0, 0.1) is 0 Å². The second kappa shape index (κ2) is 3.68. The molecule has 3 nitrogen and oxygen atoms in total. The summed E-state index contributed by atoms with van der Waals surface area (Å²) in [6.07, 6.45) is 4.07. The van der Waals surface area contributed by atoms with Crippen molar-refractivity contribution >= 4 is 11.6 Å². The van der Waals surface area contributed by atoms with Gasteiger partial charge in [0.05, 0.1) is 5.69 Å². The standard InChI is InChI=1S/C9H13ClN2O/c10-9-11-7(4-6-13)8-3-1-2-5-12(8)9/h13H,1-6H2. The molecule has 2 heterocycles. The van der Waals surface area contributed by atoms with E-state index in [9.17, 15) is 0 Å². The number of rotatable bonds is 2. The second-order valence-corrected chi connectivity index (χ2v) is 3.69. The van der Waals surface area contributed by atoms with Gasteiger partial charge in [0.1, 0.15) is 0 Å². The molecule has 13 heavy (non-hydrogen) atoms. The molecule has 1 aliphatic rings. The predicted molar refractivity (Wildman–Crippen MR) is 51.0 cm³/mol. The topological polar surface area (TPSA) is 38.1 Å². The summed E-state index contributed by atoms with van der Waals surface area (Å²) >= 11 is 5.97. The molecule has 0 bridgehead atoms. The Bertz CT molecular complexity index is 309. The van der Waals surface area contributed by atoms with Crippen LogP contribution in [0.1, 0.15) is 24.2 Å². The average molecular weight is 201 g/mol. The molecular formula is C9H13ClN2O. The van der Waals surface area contributed by atoms with Crippen molar-refractivity contribution < 1.29 is 5.11 Å². The van der Waals surface area contributed by atoms with Crippen molar-refractivity contribution in [3.05, 3.63) is 16.7 Å². The van der Waals surface area contributed by atoms with Gasteiger partial charge in [0.25, 0.3) is 0 Å². The van der Waals surface area contributed by atoms with Gasteiger partial charge >= 0.3 is 0 Å². The fraction of sp³-hybridized carbons (Fsp3) is 0.667. The fourth-order valence-corrected chi connectivity index (χ4v) is 2.17. The first-order valence-corrected chi connectivity index (χ1v) is 5.05. The summed E-state index contributed by atoms with van der Waals surface area (Å²) in [7, 11) is 0. The lowest BCUT2D eigenvalue weighted by molar-refractivity contribution is 0.297. The van der Waals surface area contributed by atoms with Crippen molar-refractivity contribution in [2.24, 2.45) is 0 Å². The summed E-state index contributed by atoms with van der Waals surface area (Å²) in [5, 5.41) is 9.42. The number of hydrogen-bond acceptors (Lipinski definition) is 2. The Kier molecular flexibility index (Phi) is 2.56. The van der Waals surface area contributed by atoms with E-state index in [0.29, 0.717) is 11.7 Å². The first kappa shape index (κ1) is 9.03. The molecule has 1 N–H and O–H groups in total. The molecule has 0 radical (unpaired) electrons. The Morgan fingerprint density at radius 1 is 1.46 bits per heavy atom. The van der Waals surface area contributed by atoms with Gasteiger partial charge in [-0.1, -0.05) is 0 Å². The molecule has 0 aliphatic carbocycles. The van der Waals surface area contributed by atoms with Crippen molar-refractivity contribution in [2.45, 2.75) is 32.2 Å². The molecule has 1 aliphatic heterocycles. The first-order valence-electron chi connectivity index (χ1n) is 4.67. The van der Waals surface area contributed by atoms with Crippen LogP contribution in [0.5, 0.6) is 0 Å². The summed E-state index contributed by atoms with van der Waals surface area (Å²) < 4.78 is 2.07. The minimum Gasteiger partial charge on any atom is -0.396 e. The van der Waals surface area contributed by atoms with Crippen molar-refractivity contribution in [1.82, 2.24) is 9.55 Å². The molecule has 0 unspecified atom stereocenters.